The first-order valence-electron chi connectivity index (χ1n) is 10.0. The van der Waals surface area contributed by atoms with Gasteiger partial charge in [0.25, 0.3) is 0 Å². The summed E-state index contributed by atoms with van der Waals surface area (Å²) in [5, 5.41) is 3.66. The second kappa shape index (κ2) is 9.88. The van der Waals surface area contributed by atoms with Gasteiger partial charge >= 0.3 is 0 Å². The summed E-state index contributed by atoms with van der Waals surface area (Å²) in [5.41, 5.74) is 1.18. The van der Waals surface area contributed by atoms with Crippen molar-refractivity contribution < 1.29 is 14.0 Å². The molecule has 0 bridgehead atoms. The minimum Gasteiger partial charge on any atom is -0.352 e. The Morgan fingerprint density at radius 3 is 2.45 bits per heavy atom. The topological polar surface area (TPSA) is 49.4 Å². The number of hydrogen-bond donors (Lipinski definition) is 1. The highest BCUT2D eigenvalue weighted by atomic mass is 35.5. The van der Waals surface area contributed by atoms with E-state index >= 15 is 0 Å². The molecule has 154 valence electrons. The molecule has 0 saturated heterocycles. The molecule has 1 fully saturated rings. The molecule has 1 aliphatic rings. The molecule has 4 nitrogen and oxygen atoms in total. The number of carbonyl (C=O) groups is 2. The molecule has 6 heteroatoms. The summed E-state index contributed by atoms with van der Waals surface area (Å²) in [4.78, 5) is 27.4. The van der Waals surface area contributed by atoms with Crippen molar-refractivity contribution in [1.82, 2.24) is 10.2 Å². The highest BCUT2D eigenvalue weighted by Gasteiger charge is 2.28. The van der Waals surface area contributed by atoms with Crippen LogP contribution in [0.5, 0.6) is 0 Å². The molecule has 1 N–H and O–H groups in total. The van der Waals surface area contributed by atoms with E-state index in [9.17, 15) is 14.0 Å². The predicted molar refractivity (Wildman–Crippen MR) is 112 cm³/mol. The average Bonchev–Trinajstić information content (AvgIpc) is 3.21. The Kier molecular flexibility index (Phi) is 7.26. The van der Waals surface area contributed by atoms with E-state index in [0.717, 1.165) is 31.2 Å². The van der Waals surface area contributed by atoms with Crippen LogP contribution in [0.1, 0.15) is 43.7 Å². The van der Waals surface area contributed by atoms with Gasteiger partial charge in [-0.15, -0.1) is 0 Å². The summed E-state index contributed by atoms with van der Waals surface area (Å²) in [6.45, 7) is 1.98. The van der Waals surface area contributed by atoms with Crippen molar-refractivity contribution in [3.8, 4) is 0 Å². The van der Waals surface area contributed by atoms with Crippen molar-refractivity contribution in [2.75, 3.05) is 0 Å². The summed E-state index contributed by atoms with van der Waals surface area (Å²) in [5.74, 6) is -0.887. The van der Waals surface area contributed by atoms with Crippen LogP contribution in [0.4, 0.5) is 4.39 Å². The van der Waals surface area contributed by atoms with Gasteiger partial charge in [0.15, 0.2) is 0 Å². The number of benzene rings is 2. The molecule has 0 radical (unpaired) electrons. The zero-order chi connectivity index (χ0) is 20.8. The Morgan fingerprint density at radius 1 is 1.14 bits per heavy atom. The normalized spacial score (nSPS) is 15.1. The Labute approximate surface area is 176 Å². The highest BCUT2D eigenvalue weighted by molar-refractivity contribution is 6.30. The molecule has 0 spiro atoms. The van der Waals surface area contributed by atoms with Crippen LogP contribution in [0.3, 0.4) is 0 Å². The molecule has 0 aliphatic heterocycles. The van der Waals surface area contributed by atoms with Crippen molar-refractivity contribution in [2.45, 2.75) is 57.7 Å². The van der Waals surface area contributed by atoms with Crippen LogP contribution < -0.4 is 5.32 Å². The zero-order valence-electron chi connectivity index (χ0n) is 16.5. The van der Waals surface area contributed by atoms with Crippen LogP contribution in [0.15, 0.2) is 48.5 Å². The molecule has 0 heterocycles. The molecule has 2 amide bonds. The Morgan fingerprint density at radius 2 is 1.79 bits per heavy atom. The molecule has 3 rings (SSSR count). The average molecular weight is 417 g/mol. The third-order valence-corrected chi connectivity index (χ3v) is 5.69. The van der Waals surface area contributed by atoms with E-state index in [1.54, 1.807) is 37.3 Å². The second-order valence-corrected chi connectivity index (χ2v) is 8.02. The minimum atomic E-state index is -0.662. The standard InChI is InChI=1S/C23H26ClFN2O2/c1-16(23(29)26-20-7-3-4-8-20)27(15-17-10-12-19(24)13-11-17)22(28)14-18-6-2-5-9-21(18)25/h2,5-6,9-13,16,20H,3-4,7-8,14-15H2,1H3,(H,26,29). The summed E-state index contributed by atoms with van der Waals surface area (Å²) in [6.07, 6.45) is 4.07. The number of amides is 2. The number of carbonyl (C=O) groups excluding carboxylic acids is 2. The van der Waals surface area contributed by atoms with Gasteiger partial charge < -0.3 is 10.2 Å². The third-order valence-electron chi connectivity index (χ3n) is 5.43. The van der Waals surface area contributed by atoms with Crippen LogP contribution in [0, 0.1) is 5.82 Å². The molecule has 29 heavy (non-hydrogen) atoms. The van der Waals surface area contributed by atoms with Gasteiger partial charge in [-0.05, 0) is 49.1 Å². The molecule has 2 aromatic rings. The maximum atomic E-state index is 14.1. The number of nitrogens with zero attached hydrogens (tertiary/aromatic N) is 1. The fourth-order valence-electron chi connectivity index (χ4n) is 3.67. The van der Waals surface area contributed by atoms with E-state index in [0.29, 0.717) is 10.6 Å². The van der Waals surface area contributed by atoms with Gasteiger partial charge in [-0.25, -0.2) is 4.39 Å². The summed E-state index contributed by atoms with van der Waals surface area (Å²) in [6, 6.07) is 12.9. The minimum absolute atomic E-state index is 0.0959. The summed E-state index contributed by atoms with van der Waals surface area (Å²) < 4.78 is 14.1. The number of rotatable bonds is 7. The van der Waals surface area contributed by atoms with Crippen molar-refractivity contribution in [3.63, 3.8) is 0 Å². The molecular weight excluding hydrogens is 391 g/mol. The smallest absolute Gasteiger partial charge is 0.242 e. The van der Waals surface area contributed by atoms with Gasteiger partial charge in [-0.3, -0.25) is 9.59 Å². The van der Waals surface area contributed by atoms with Gasteiger partial charge in [-0.1, -0.05) is 54.8 Å². The highest BCUT2D eigenvalue weighted by Crippen LogP contribution is 2.19. The quantitative estimate of drug-likeness (QED) is 0.722. The molecular formula is C23H26ClFN2O2. The van der Waals surface area contributed by atoms with Gasteiger partial charge in [-0.2, -0.15) is 0 Å². The van der Waals surface area contributed by atoms with E-state index in [4.69, 9.17) is 11.6 Å². The Balaban J connectivity index is 1.77. The van der Waals surface area contributed by atoms with Crippen molar-refractivity contribution >= 4 is 23.4 Å². The van der Waals surface area contributed by atoms with Gasteiger partial charge in [0.2, 0.25) is 11.8 Å². The van der Waals surface area contributed by atoms with Gasteiger partial charge in [0.05, 0.1) is 6.42 Å². The first-order chi connectivity index (χ1) is 13.9. The third kappa shape index (κ3) is 5.80. The lowest BCUT2D eigenvalue weighted by Crippen LogP contribution is -2.50. The molecule has 2 aromatic carbocycles. The predicted octanol–water partition coefficient (Wildman–Crippen LogP) is 4.50. The first kappa shape index (κ1) is 21.3. The fourth-order valence-corrected chi connectivity index (χ4v) is 3.79. The molecule has 1 aliphatic carbocycles. The van der Waals surface area contributed by atoms with E-state index in [2.05, 4.69) is 5.32 Å². The van der Waals surface area contributed by atoms with Gasteiger partial charge in [0, 0.05) is 17.6 Å². The maximum absolute atomic E-state index is 14.1. The van der Waals surface area contributed by atoms with E-state index in [1.165, 1.54) is 11.0 Å². The van der Waals surface area contributed by atoms with Crippen molar-refractivity contribution in [3.05, 3.63) is 70.5 Å². The van der Waals surface area contributed by atoms with Crippen molar-refractivity contribution in [1.29, 1.82) is 0 Å². The van der Waals surface area contributed by atoms with Crippen LogP contribution in [0.25, 0.3) is 0 Å². The lowest BCUT2D eigenvalue weighted by molar-refractivity contribution is -0.140. The molecule has 1 saturated carbocycles. The molecule has 1 atom stereocenters. The number of nitrogens with one attached hydrogen (secondary N) is 1. The monoisotopic (exact) mass is 416 g/mol. The first-order valence-corrected chi connectivity index (χ1v) is 10.4. The Bertz CT molecular complexity index is 850. The largest absolute Gasteiger partial charge is 0.352 e. The number of hydrogen-bond acceptors (Lipinski definition) is 2. The van der Waals surface area contributed by atoms with Crippen molar-refractivity contribution in [2.24, 2.45) is 0 Å². The Hall–Kier alpha value is -2.40. The molecule has 1 unspecified atom stereocenters. The van der Waals surface area contributed by atoms with E-state index < -0.39 is 11.9 Å². The summed E-state index contributed by atoms with van der Waals surface area (Å²) >= 11 is 5.96. The van der Waals surface area contributed by atoms with Crippen LogP contribution in [-0.2, 0) is 22.6 Å². The van der Waals surface area contributed by atoms with Crippen LogP contribution >= 0.6 is 11.6 Å². The number of halogens is 2. The maximum Gasteiger partial charge on any atom is 0.242 e. The molecule has 0 aromatic heterocycles. The van der Waals surface area contributed by atoms with E-state index in [1.807, 2.05) is 12.1 Å². The van der Waals surface area contributed by atoms with Crippen LogP contribution in [-0.4, -0.2) is 28.8 Å². The van der Waals surface area contributed by atoms with Crippen LogP contribution in [0.2, 0.25) is 5.02 Å². The van der Waals surface area contributed by atoms with Gasteiger partial charge in [0.1, 0.15) is 11.9 Å². The van der Waals surface area contributed by atoms with E-state index in [-0.39, 0.29) is 30.8 Å². The second-order valence-electron chi connectivity index (χ2n) is 7.58. The fraction of sp³-hybridized carbons (Fsp3) is 0.391. The summed E-state index contributed by atoms with van der Waals surface area (Å²) in [7, 11) is 0. The lowest BCUT2D eigenvalue weighted by Gasteiger charge is -2.30. The lowest BCUT2D eigenvalue weighted by atomic mass is 10.1. The SMILES string of the molecule is CC(C(=O)NC1CCCC1)N(Cc1ccc(Cl)cc1)C(=O)Cc1ccccc1F. The zero-order valence-corrected chi connectivity index (χ0v) is 17.3.